The van der Waals surface area contributed by atoms with E-state index in [-0.39, 0.29) is 11.8 Å². The summed E-state index contributed by atoms with van der Waals surface area (Å²) < 4.78 is 0. The van der Waals surface area contributed by atoms with Crippen LogP contribution in [0.15, 0.2) is 18.2 Å². The van der Waals surface area contributed by atoms with Gasteiger partial charge >= 0.3 is 0 Å². The Hall–Kier alpha value is -1.06. The molecular weight excluding hydrogens is 166 g/mol. The van der Waals surface area contributed by atoms with Crippen LogP contribution >= 0.6 is 0 Å². The van der Waals surface area contributed by atoms with E-state index in [0.717, 1.165) is 11.1 Å². The molecule has 0 radical (unpaired) electrons. The fraction of sp³-hybridized carbons (Fsp3) is 0.400. The van der Waals surface area contributed by atoms with E-state index in [1.165, 1.54) is 0 Å². The zero-order chi connectivity index (χ0) is 10.0. The van der Waals surface area contributed by atoms with Crippen LogP contribution in [0.3, 0.4) is 0 Å². The zero-order valence-electron chi connectivity index (χ0n) is 7.86. The van der Waals surface area contributed by atoms with Crippen molar-refractivity contribution in [1.82, 2.24) is 0 Å². The van der Waals surface area contributed by atoms with Gasteiger partial charge in [-0.1, -0.05) is 6.07 Å². The van der Waals surface area contributed by atoms with Crippen molar-refractivity contribution in [3.05, 3.63) is 29.3 Å². The van der Waals surface area contributed by atoms with Gasteiger partial charge < -0.3 is 15.9 Å². The van der Waals surface area contributed by atoms with Crippen LogP contribution in [0.1, 0.15) is 24.2 Å². The molecule has 2 atom stereocenters. The second kappa shape index (κ2) is 3.77. The fourth-order valence-corrected chi connectivity index (χ4v) is 1.17. The molecule has 0 aromatic heterocycles. The standard InChI is InChI=1S/C10H15NO2/c1-6-5-8(3-4-9(6)12)10(13)7(2)11/h3-5,7,10,12-13H,11H2,1-2H3/t7-,10-/m1/s1. The lowest BCUT2D eigenvalue weighted by Crippen LogP contribution is -2.24. The van der Waals surface area contributed by atoms with E-state index in [0.29, 0.717) is 0 Å². The first-order valence-electron chi connectivity index (χ1n) is 4.25. The Morgan fingerprint density at radius 1 is 1.38 bits per heavy atom. The summed E-state index contributed by atoms with van der Waals surface area (Å²) in [5, 5.41) is 18.9. The summed E-state index contributed by atoms with van der Waals surface area (Å²) in [6, 6.07) is 4.68. The minimum atomic E-state index is -0.667. The molecule has 0 spiro atoms. The molecule has 0 amide bonds. The van der Waals surface area contributed by atoms with Crippen molar-refractivity contribution >= 4 is 0 Å². The molecule has 3 nitrogen and oxygen atoms in total. The van der Waals surface area contributed by atoms with E-state index >= 15 is 0 Å². The van der Waals surface area contributed by atoms with Crippen LogP contribution in [-0.4, -0.2) is 16.3 Å². The summed E-state index contributed by atoms with van der Waals surface area (Å²) in [7, 11) is 0. The van der Waals surface area contributed by atoms with Crippen molar-refractivity contribution in [3.8, 4) is 5.75 Å². The number of hydrogen-bond donors (Lipinski definition) is 3. The number of aliphatic hydroxyl groups is 1. The number of rotatable bonds is 2. The highest BCUT2D eigenvalue weighted by Crippen LogP contribution is 2.22. The smallest absolute Gasteiger partial charge is 0.118 e. The largest absolute Gasteiger partial charge is 0.508 e. The molecule has 0 aliphatic carbocycles. The van der Waals surface area contributed by atoms with Crippen molar-refractivity contribution in [2.24, 2.45) is 5.73 Å². The van der Waals surface area contributed by atoms with Crippen LogP contribution in [-0.2, 0) is 0 Å². The van der Waals surface area contributed by atoms with Gasteiger partial charge in [-0.3, -0.25) is 0 Å². The molecule has 0 bridgehead atoms. The highest BCUT2D eigenvalue weighted by Gasteiger charge is 2.12. The Kier molecular flexibility index (Phi) is 2.90. The van der Waals surface area contributed by atoms with E-state index in [1.54, 1.807) is 32.0 Å². The first-order valence-corrected chi connectivity index (χ1v) is 4.25. The molecule has 0 unspecified atom stereocenters. The summed E-state index contributed by atoms with van der Waals surface area (Å²) >= 11 is 0. The Morgan fingerprint density at radius 2 is 2.00 bits per heavy atom. The Balaban J connectivity index is 2.97. The second-order valence-corrected chi connectivity index (χ2v) is 3.35. The highest BCUT2D eigenvalue weighted by atomic mass is 16.3. The number of aromatic hydroxyl groups is 1. The Morgan fingerprint density at radius 3 is 2.46 bits per heavy atom. The minimum absolute atomic E-state index is 0.237. The fourth-order valence-electron chi connectivity index (χ4n) is 1.17. The van der Waals surface area contributed by atoms with Gasteiger partial charge in [0.2, 0.25) is 0 Å². The van der Waals surface area contributed by atoms with Crippen molar-refractivity contribution in [2.75, 3.05) is 0 Å². The first kappa shape index (κ1) is 10.0. The Bertz CT molecular complexity index is 297. The number of phenolic OH excluding ortho intramolecular Hbond substituents is 1. The van der Waals surface area contributed by atoms with Crippen molar-refractivity contribution in [3.63, 3.8) is 0 Å². The topological polar surface area (TPSA) is 66.5 Å². The minimum Gasteiger partial charge on any atom is -0.508 e. The lowest BCUT2D eigenvalue weighted by molar-refractivity contribution is 0.153. The zero-order valence-corrected chi connectivity index (χ0v) is 7.86. The molecule has 0 aliphatic rings. The molecule has 0 saturated heterocycles. The van der Waals surface area contributed by atoms with E-state index in [4.69, 9.17) is 5.73 Å². The SMILES string of the molecule is Cc1cc([C@H](O)[C@@H](C)N)ccc1O. The lowest BCUT2D eigenvalue weighted by Gasteiger charge is -2.15. The Labute approximate surface area is 77.8 Å². The third kappa shape index (κ3) is 2.20. The van der Waals surface area contributed by atoms with Gasteiger partial charge in [-0.05, 0) is 37.1 Å². The monoisotopic (exact) mass is 181 g/mol. The maximum atomic E-state index is 9.61. The van der Waals surface area contributed by atoms with Crippen LogP contribution in [0.4, 0.5) is 0 Å². The van der Waals surface area contributed by atoms with E-state index < -0.39 is 6.10 Å². The summed E-state index contributed by atoms with van der Waals surface area (Å²) in [6.07, 6.45) is -0.667. The second-order valence-electron chi connectivity index (χ2n) is 3.35. The normalized spacial score (nSPS) is 15.4. The quantitative estimate of drug-likeness (QED) is 0.639. The predicted molar refractivity (Wildman–Crippen MR) is 51.5 cm³/mol. The molecule has 0 aliphatic heterocycles. The van der Waals surface area contributed by atoms with Gasteiger partial charge in [0.25, 0.3) is 0 Å². The van der Waals surface area contributed by atoms with E-state index in [2.05, 4.69) is 0 Å². The average molecular weight is 181 g/mol. The summed E-state index contributed by atoms with van der Waals surface area (Å²) in [5.41, 5.74) is 7.03. The maximum Gasteiger partial charge on any atom is 0.118 e. The van der Waals surface area contributed by atoms with Gasteiger partial charge in [0.1, 0.15) is 5.75 Å². The van der Waals surface area contributed by atoms with Gasteiger partial charge in [0.15, 0.2) is 0 Å². The molecule has 3 heteroatoms. The van der Waals surface area contributed by atoms with Gasteiger partial charge in [0.05, 0.1) is 6.10 Å². The van der Waals surface area contributed by atoms with Crippen molar-refractivity contribution in [2.45, 2.75) is 26.0 Å². The molecule has 1 rings (SSSR count). The number of aryl methyl sites for hydroxylation is 1. The van der Waals surface area contributed by atoms with Gasteiger partial charge in [-0.25, -0.2) is 0 Å². The predicted octanol–water partition coefficient (Wildman–Crippen LogP) is 1.08. The first-order chi connectivity index (χ1) is 6.02. The third-order valence-corrected chi connectivity index (χ3v) is 2.06. The summed E-state index contributed by atoms with van der Waals surface area (Å²) in [4.78, 5) is 0. The van der Waals surface area contributed by atoms with Crippen molar-refractivity contribution in [1.29, 1.82) is 0 Å². The number of benzene rings is 1. The average Bonchev–Trinajstić information content (AvgIpc) is 2.08. The number of aliphatic hydroxyl groups excluding tert-OH is 1. The highest BCUT2D eigenvalue weighted by molar-refractivity contribution is 5.36. The van der Waals surface area contributed by atoms with Crippen LogP contribution in [0, 0.1) is 6.92 Å². The van der Waals surface area contributed by atoms with Crippen LogP contribution in [0.2, 0.25) is 0 Å². The third-order valence-electron chi connectivity index (χ3n) is 2.06. The van der Waals surface area contributed by atoms with E-state index in [1.807, 2.05) is 0 Å². The number of phenols is 1. The molecule has 1 aromatic carbocycles. The molecule has 13 heavy (non-hydrogen) atoms. The summed E-state index contributed by atoms with van der Waals surface area (Å²) in [5.74, 6) is 0.237. The maximum absolute atomic E-state index is 9.61. The number of hydrogen-bond acceptors (Lipinski definition) is 3. The molecule has 0 saturated carbocycles. The molecule has 0 heterocycles. The van der Waals surface area contributed by atoms with Gasteiger partial charge in [-0.15, -0.1) is 0 Å². The van der Waals surface area contributed by atoms with Crippen LogP contribution in [0.25, 0.3) is 0 Å². The van der Waals surface area contributed by atoms with Crippen molar-refractivity contribution < 1.29 is 10.2 Å². The molecule has 4 N–H and O–H groups in total. The van der Waals surface area contributed by atoms with Gasteiger partial charge in [-0.2, -0.15) is 0 Å². The number of nitrogens with two attached hydrogens (primary N) is 1. The molecule has 0 fully saturated rings. The summed E-state index contributed by atoms with van der Waals surface area (Å²) in [6.45, 7) is 3.53. The molecule has 72 valence electrons. The lowest BCUT2D eigenvalue weighted by atomic mass is 10.0. The van der Waals surface area contributed by atoms with E-state index in [9.17, 15) is 10.2 Å². The van der Waals surface area contributed by atoms with Crippen LogP contribution in [0.5, 0.6) is 5.75 Å². The molecular formula is C10H15NO2. The molecule has 1 aromatic rings. The van der Waals surface area contributed by atoms with Crippen LogP contribution < -0.4 is 5.73 Å². The van der Waals surface area contributed by atoms with Gasteiger partial charge in [0, 0.05) is 6.04 Å².